The zero-order valence-electron chi connectivity index (χ0n) is 12.2. The van der Waals surface area contributed by atoms with Gasteiger partial charge in [-0.1, -0.05) is 20.8 Å². The van der Waals surface area contributed by atoms with Crippen LogP contribution >= 0.6 is 0 Å². The molecule has 2 nitrogen and oxygen atoms in total. The Morgan fingerprint density at radius 2 is 2.06 bits per heavy atom. The average molecular weight is 241 g/mol. The minimum Gasteiger partial charge on any atom is -0.385 e. The molecule has 2 heteroatoms. The highest BCUT2D eigenvalue weighted by atomic mass is 16.5. The predicted octanol–water partition coefficient (Wildman–Crippen LogP) is 3.46. The Balaban J connectivity index is 2.46. The van der Waals surface area contributed by atoms with Crippen LogP contribution in [0.2, 0.25) is 0 Å². The van der Waals surface area contributed by atoms with E-state index >= 15 is 0 Å². The molecule has 0 aromatic heterocycles. The van der Waals surface area contributed by atoms with Gasteiger partial charge in [0.25, 0.3) is 0 Å². The molecule has 0 aromatic carbocycles. The van der Waals surface area contributed by atoms with Gasteiger partial charge in [-0.2, -0.15) is 0 Å². The molecule has 0 amide bonds. The quantitative estimate of drug-likeness (QED) is 0.737. The van der Waals surface area contributed by atoms with Crippen molar-refractivity contribution in [2.45, 2.75) is 58.9 Å². The third kappa shape index (κ3) is 4.97. The van der Waals surface area contributed by atoms with Crippen LogP contribution in [0.15, 0.2) is 0 Å². The Labute approximate surface area is 108 Å². The number of hydrogen-bond donors (Lipinski definition) is 1. The van der Waals surface area contributed by atoms with Gasteiger partial charge in [-0.25, -0.2) is 0 Å². The van der Waals surface area contributed by atoms with Gasteiger partial charge in [0.05, 0.1) is 0 Å². The zero-order chi connectivity index (χ0) is 12.7. The van der Waals surface area contributed by atoms with Crippen LogP contribution in [-0.4, -0.2) is 26.3 Å². The van der Waals surface area contributed by atoms with E-state index < -0.39 is 0 Å². The van der Waals surface area contributed by atoms with Gasteiger partial charge >= 0.3 is 0 Å². The first-order valence-corrected chi connectivity index (χ1v) is 7.41. The summed E-state index contributed by atoms with van der Waals surface area (Å²) in [6.45, 7) is 9.08. The summed E-state index contributed by atoms with van der Waals surface area (Å²) < 4.78 is 5.27. The van der Waals surface area contributed by atoms with Crippen molar-refractivity contribution in [2.75, 3.05) is 20.3 Å². The van der Waals surface area contributed by atoms with E-state index in [0.29, 0.717) is 0 Å². The molecule has 1 aliphatic carbocycles. The van der Waals surface area contributed by atoms with Crippen LogP contribution in [0.3, 0.4) is 0 Å². The second-order valence-corrected chi connectivity index (χ2v) is 5.92. The van der Waals surface area contributed by atoms with Gasteiger partial charge in [0.1, 0.15) is 0 Å². The second kappa shape index (κ2) is 8.10. The molecule has 0 aromatic rings. The van der Waals surface area contributed by atoms with E-state index in [-0.39, 0.29) is 0 Å². The normalized spacial score (nSPS) is 29.8. The third-order valence-corrected chi connectivity index (χ3v) is 4.32. The summed E-state index contributed by atoms with van der Waals surface area (Å²) in [6, 6.07) is 0.736. The average Bonchev–Trinajstić information content (AvgIpc) is 2.34. The smallest absolute Gasteiger partial charge is 0.0465 e. The minimum atomic E-state index is 0.736. The van der Waals surface area contributed by atoms with Gasteiger partial charge in [-0.3, -0.25) is 0 Å². The molecule has 0 aliphatic heterocycles. The van der Waals surface area contributed by atoms with Gasteiger partial charge < -0.3 is 10.1 Å². The van der Waals surface area contributed by atoms with Crippen LogP contribution in [0, 0.1) is 17.8 Å². The van der Waals surface area contributed by atoms with E-state index in [1.165, 1.54) is 38.6 Å². The van der Waals surface area contributed by atoms with Crippen LogP contribution in [-0.2, 0) is 4.74 Å². The summed E-state index contributed by atoms with van der Waals surface area (Å²) in [6.07, 6.45) is 6.62. The van der Waals surface area contributed by atoms with Crippen LogP contribution in [0.25, 0.3) is 0 Å². The summed E-state index contributed by atoms with van der Waals surface area (Å²) in [5.41, 5.74) is 0. The number of rotatable bonds is 7. The van der Waals surface area contributed by atoms with Crippen molar-refractivity contribution in [3.05, 3.63) is 0 Å². The molecule has 0 heterocycles. The summed E-state index contributed by atoms with van der Waals surface area (Å²) in [5, 5.41) is 3.73. The number of nitrogens with one attached hydrogen (secondary N) is 1. The topological polar surface area (TPSA) is 21.3 Å². The van der Waals surface area contributed by atoms with E-state index in [1.807, 2.05) is 7.11 Å². The van der Waals surface area contributed by atoms with Crippen molar-refractivity contribution in [3.8, 4) is 0 Å². The molecule has 3 unspecified atom stereocenters. The molecule has 1 rings (SSSR count). The largest absolute Gasteiger partial charge is 0.385 e. The zero-order valence-corrected chi connectivity index (χ0v) is 12.2. The maximum absolute atomic E-state index is 5.27. The predicted molar refractivity (Wildman–Crippen MR) is 74.2 cm³/mol. The van der Waals surface area contributed by atoms with Crippen molar-refractivity contribution in [1.82, 2.24) is 5.32 Å². The van der Waals surface area contributed by atoms with Gasteiger partial charge in [0.15, 0.2) is 0 Å². The minimum absolute atomic E-state index is 0.736. The summed E-state index contributed by atoms with van der Waals surface area (Å²) in [7, 11) is 1.82. The van der Waals surface area contributed by atoms with E-state index in [1.54, 1.807) is 0 Å². The van der Waals surface area contributed by atoms with Crippen LogP contribution in [0.5, 0.6) is 0 Å². The molecule has 1 aliphatic rings. The van der Waals surface area contributed by atoms with Crippen molar-refractivity contribution in [2.24, 2.45) is 17.8 Å². The highest BCUT2D eigenvalue weighted by Crippen LogP contribution is 2.35. The molecule has 3 atom stereocenters. The highest BCUT2D eigenvalue weighted by molar-refractivity contribution is 4.85. The van der Waals surface area contributed by atoms with Gasteiger partial charge in [0, 0.05) is 19.8 Å². The maximum atomic E-state index is 5.27. The van der Waals surface area contributed by atoms with E-state index in [0.717, 1.165) is 30.4 Å². The second-order valence-electron chi connectivity index (χ2n) is 5.92. The number of methoxy groups -OCH3 is 1. The molecule has 1 saturated carbocycles. The van der Waals surface area contributed by atoms with Crippen LogP contribution in [0.4, 0.5) is 0 Å². The summed E-state index contributed by atoms with van der Waals surface area (Å²) in [4.78, 5) is 0. The molecule has 0 radical (unpaired) electrons. The fraction of sp³-hybridized carbons (Fsp3) is 1.00. The lowest BCUT2D eigenvalue weighted by Crippen LogP contribution is -2.42. The van der Waals surface area contributed by atoms with Crippen LogP contribution in [0.1, 0.15) is 52.9 Å². The van der Waals surface area contributed by atoms with Gasteiger partial charge in [-0.05, 0) is 56.4 Å². The van der Waals surface area contributed by atoms with Crippen LogP contribution < -0.4 is 5.32 Å². The summed E-state index contributed by atoms with van der Waals surface area (Å²) in [5.74, 6) is 2.59. The molecule has 1 fully saturated rings. The highest BCUT2D eigenvalue weighted by Gasteiger charge is 2.30. The summed E-state index contributed by atoms with van der Waals surface area (Å²) >= 11 is 0. The standard InChI is InChI=1S/C15H31NO/c1-5-9-16-15-7-6-13(12(2)3)11-14(15)8-10-17-4/h12-16H,5-11H2,1-4H3. The lowest BCUT2D eigenvalue weighted by Gasteiger charge is -2.38. The molecule has 102 valence electrons. The molecule has 17 heavy (non-hydrogen) atoms. The molecule has 0 saturated heterocycles. The third-order valence-electron chi connectivity index (χ3n) is 4.32. The van der Waals surface area contributed by atoms with Crippen molar-refractivity contribution >= 4 is 0 Å². The lowest BCUT2D eigenvalue weighted by atomic mass is 9.72. The maximum Gasteiger partial charge on any atom is 0.0465 e. The van der Waals surface area contributed by atoms with Crippen molar-refractivity contribution in [3.63, 3.8) is 0 Å². The van der Waals surface area contributed by atoms with Gasteiger partial charge in [-0.15, -0.1) is 0 Å². The molecule has 0 bridgehead atoms. The Kier molecular flexibility index (Phi) is 7.14. The van der Waals surface area contributed by atoms with Crippen molar-refractivity contribution in [1.29, 1.82) is 0 Å². The first-order chi connectivity index (χ1) is 8.19. The van der Waals surface area contributed by atoms with Gasteiger partial charge in [0.2, 0.25) is 0 Å². The lowest BCUT2D eigenvalue weighted by molar-refractivity contribution is 0.117. The fourth-order valence-corrected chi connectivity index (χ4v) is 3.09. The van der Waals surface area contributed by atoms with E-state index in [2.05, 4.69) is 26.1 Å². The monoisotopic (exact) mass is 241 g/mol. The Morgan fingerprint density at radius 1 is 1.29 bits per heavy atom. The molecule has 0 spiro atoms. The molecular weight excluding hydrogens is 210 g/mol. The SMILES string of the molecule is CCCNC1CCC(C(C)C)CC1CCOC. The van der Waals surface area contributed by atoms with E-state index in [4.69, 9.17) is 4.74 Å². The molecular formula is C15H31NO. The first-order valence-electron chi connectivity index (χ1n) is 7.41. The molecule has 1 N–H and O–H groups in total. The Morgan fingerprint density at radius 3 is 2.65 bits per heavy atom. The van der Waals surface area contributed by atoms with E-state index in [9.17, 15) is 0 Å². The Hall–Kier alpha value is -0.0800. The number of hydrogen-bond acceptors (Lipinski definition) is 2. The van der Waals surface area contributed by atoms with Crippen molar-refractivity contribution < 1.29 is 4.74 Å². The Bertz CT molecular complexity index is 193. The number of ether oxygens (including phenoxy) is 1. The first kappa shape index (κ1) is 15.0. The fourth-order valence-electron chi connectivity index (χ4n) is 3.09.